The number of fused-ring (bicyclic) bond motifs is 1. The highest BCUT2D eigenvalue weighted by atomic mass is 32.1. The van der Waals surface area contributed by atoms with Crippen molar-refractivity contribution in [3.05, 3.63) is 74.6 Å². The number of nitrogens with zero attached hydrogens (tertiary/aromatic N) is 1. The van der Waals surface area contributed by atoms with Crippen LogP contribution in [0.1, 0.15) is 49.5 Å². The molecule has 172 valence electrons. The van der Waals surface area contributed by atoms with Crippen LogP contribution in [0.3, 0.4) is 0 Å². The van der Waals surface area contributed by atoms with Crippen molar-refractivity contribution in [3.8, 4) is 22.6 Å². The van der Waals surface area contributed by atoms with E-state index in [1.165, 1.54) is 10.4 Å². The van der Waals surface area contributed by atoms with Gasteiger partial charge in [0.15, 0.2) is 11.5 Å². The molecule has 0 fully saturated rings. The average Bonchev–Trinajstić information content (AvgIpc) is 3.17. The van der Waals surface area contributed by atoms with Gasteiger partial charge >= 0.3 is 0 Å². The quantitative estimate of drug-likeness (QED) is 0.375. The molecule has 6 heteroatoms. The first kappa shape index (κ1) is 23.1. The largest absolute Gasteiger partial charge is 0.493 e. The van der Waals surface area contributed by atoms with Gasteiger partial charge in [-0.15, -0.1) is 11.3 Å². The number of thiophene rings is 1. The van der Waals surface area contributed by atoms with Crippen LogP contribution in [0, 0.1) is 0 Å². The Morgan fingerprint density at radius 2 is 1.70 bits per heavy atom. The van der Waals surface area contributed by atoms with Crippen molar-refractivity contribution in [2.45, 2.75) is 46.0 Å². The topological polar surface area (TPSA) is 64.2 Å². The van der Waals surface area contributed by atoms with Gasteiger partial charge in [0.25, 0.3) is 5.56 Å². The van der Waals surface area contributed by atoms with Crippen molar-refractivity contribution < 1.29 is 9.47 Å². The summed E-state index contributed by atoms with van der Waals surface area (Å²) >= 11 is 1.61. The average molecular weight is 463 g/mol. The molecule has 0 aliphatic carbocycles. The second kappa shape index (κ2) is 9.02. The Morgan fingerprint density at radius 1 is 1.00 bits per heavy atom. The summed E-state index contributed by atoms with van der Waals surface area (Å²) in [6, 6.07) is 14.3. The second-order valence-electron chi connectivity index (χ2n) is 9.14. The molecule has 0 spiro atoms. The van der Waals surface area contributed by atoms with Crippen LogP contribution in [0.4, 0.5) is 0 Å². The van der Waals surface area contributed by atoms with Gasteiger partial charge in [-0.2, -0.15) is 0 Å². The Kier molecular flexibility index (Phi) is 6.30. The van der Waals surface area contributed by atoms with E-state index >= 15 is 0 Å². The lowest BCUT2D eigenvalue weighted by Crippen LogP contribution is -2.12. The minimum atomic E-state index is -0.0960. The van der Waals surface area contributed by atoms with Gasteiger partial charge in [-0.3, -0.25) is 4.79 Å². The number of nitrogens with one attached hydrogen (secondary N) is 1. The lowest BCUT2D eigenvalue weighted by atomic mass is 9.86. The zero-order chi connectivity index (χ0) is 23.8. The molecule has 2 heterocycles. The summed E-state index contributed by atoms with van der Waals surface area (Å²) in [7, 11) is 3.22. The van der Waals surface area contributed by atoms with Crippen molar-refractivity contribution in [1.29, 1.82) is 0 Å². The number of hydrogen-bond acceptors (Lipinski definition) is 5. The van der Waals surface area contributed by atoms with E-state index in [1.54, 1.807) is 25.6 Å². The van der Waals surface area contributed by atoms with Crippen molar-refractivity contribution in [2.75, 3.05) is 14.2 Å². The van der Waals surface area contributed by atoms with Crippen LogP contribution in [0.2, 0.25) is 0 Å². The first-order valence-corrected chi connectivity index (χ1v) is 11.9. The smallest absolute Gasteiger partial charge is 0.260 e. The first-order valence-electron chi connectivity index (χ1n) is 11.1. The predicted octanol–water partition coefficient (Wildman–Crippen LogP) is 6.12. The zero-order valence-corrected chi connectivity index (χ0v) is 20.9. The minimum absolute atomic E-state index is 0.0842. The molecule has 0 aliphatic heterocycles. The molecular weight excluding hydrogens is 432 g/mol. The number of aryl methyl sites for hydroxylation is 1. The Hall–Kier alpha value is -3.12. The van der Waals surface area contributed by atoms with Crippen molar-refractivity contribution in [1.82, 2.24) is 9.97 Å². The van der Waals surface area contributed by atoms with Gasteiger partial charge < -0.3 is 14.5 Å². The molecule has 5 nitrogen and oxygen atoms in total. The van der Waals surface area contributed by atoms with E-state index in [2.05, 4.69) is 56.9 Å². The van der Waals surface area contributed by atoms with E-state index in [1.807, 2.05) is 18.2 Å². The summed E-state index contributed by atoms with van der Waals surface area (Å²) in [5.74, 6) is 1.97. The van der Waals surface area contributed by atoms with Crippen LogP contribution in [-0.4, -0.2) is 24.2 Å². The van der Waals surface area contributed by atoms with Crippen LogP contribution in [0.25, 0.3) is 21.3 Å². The number of rotatable bonds is 6. The third kappa shape index (κ3) is 4.53. The Labute approximate surface area is 198 Å². The number of H-pyrrole nitrogens is 1. The van der Waals surface area contributed by atoms with Crippen LogP contribution in [0.5, 0.6) is 11.5 Å². The van der Waals surface area contributed by atoms with Crippen molar-refractivity contribution >= 4 is 21.6 Å². The standard InChI is InChI=1S/C27H30N2O3S/c1-7-21-23(17-9-11-18(12-10-17)27(2,3)4)24-25(30)28-22(29-26(24)33-21)15-16-8-13-19(31-5)20(14-16)32-6/h8-14H,7,15H2,1-6H3,(H,28,29,30). The molecule has 0 bridgehead atoms. The van der Waals surface area contributed by atoms with E-state index in [-0.39, 0.29) is 11.0 Å². The fourth-order valence-electron chi connectivity index (χ4n) is 4.06. The molecule has 0 amide bonds. The van der Waals surface area contributed by atoms with Gasteiger partial charge in [-0.25, -0.2) is 4.98 Å². The molecule has 33 heavy (non-hydrogen) atoms. The third-order valence-corrected chi connectivity index (χ3v) is 7.09. The molecule has 4 aromatic rings. The van der Waals surface area contributed by atoms with Gasteiger partial charge in [0.1, 0.15) is 10.7 Å². The van der Waals surface area contributed by atoms with E-state index in [0.29, 0.717) is 29.1 Å². The Bertz CT molecular complexity index is 1350. The molecule has 0 saturated heterocycles. The number of ether oxygens (including phenoxy) is 2. The summed E-state index contributed by atoms with van der Waals surface area (Å²) in [5.41, 5.74) is 4.31. The Balaban J connectivity index is 1.76. The summed E-state index contributed by atoms with van der Waals surface area (Å²) in [6.07, 6.45) is 1.35. The lowest BCUT2D eigenvalue weighted by Gasteiger charge is -2.19. The van der Waals surface area contributed by atoms with Crippen LogP contribution in [-0.2, 0) is 18.3 Å². The summed E-state index contributed by atoms with van der Waals surface area (Å²) in [4.78, 5) is 23.0. The van der Waals surface area contributed by atoms with E-state index in [4.69, 9.17) is 14.5 Å². The number of aromatic nitrogens is 2. The molecule has 0 atom stereocenters. The lowest BCUT2D eigenvalue weighted by molar-refractivity contribution is 0.354. The normalized spacial score (nSPS) is 11.7. The molecular formula is C27H30N2O3S. The van der Waals surface area contributed by atoms with Gasteiger partial charge in [-0.05, 0) is 40.7 Å². The van der Waals surface area contributed by atoms with Crippen LogP contribution in [0.15, 0.2) is 47.3 Å². The van der Waals surface area contributed by atoms with Gasteiger partial charge in [0, 0.05) is 16.9 Å². The third-order valence-electron chi connectivity index (χ3n) is 5.86. The van der Waals surface area contributed by atoms with E-state index in [9.17, 15) is 4.79 Å². The summed E-state index contributed by atoms with van der Waals surface area (Å²) in [5, 5.41) is 0.677. The fraction of sp³-hybridized carbons (Fsp3) is 0.333. The molecule has 2 aromatic heterocycles. The zero-order valence-electron chi connectivity index (χ0n) is 20.0. The molecule has 0 radical (unpaired) electrons. The Morgan fingerprint density at radius 3 is 2.30 bits per heavy atom. The minimum Gasteiger partial charge on any atom is -0.493 e. The first-order chi connectivity index (χ1) is 15.7. The maximum atomic E-state index is 13.2. The van der Waals surface area contributed by atoms with E-state index < -0.39 is 0 Å². The molecule has 0 aliphatic rings. The highest BCUT2D eigenvalue weighted by molar-refractivity contribution is 7.19. The molecule has 2 aromatic carbocycles. The van der Waals surface area contributed by atoms with Crippen molar-refractivity contribution in [2.24, 2.45) is 0 Å². The molecule has 1 N–H and O–H groups in total. The van der Waals surface area contributed by atoms with Gasteiger partial charge in [0.05, 0.1) is 19.6 Å². The predicted molar refractivity (Wildman–Crippen MR) is 136 cm³/mol. The maximum absolute atomic E-state index is 13.2. The number of methoxy groups -OCH3 is 2. The molecule has 4 rings (SSSR count). The van der Waals surface area contributed by atoms with Crippen LogP contribution >= 0.6 is 11.3 Å². The van der Waals surface area contributed by atoms with E-state index in [0.717, 1.165) is 27.9 Å². The van der Waals surface area contributed by atoms with Crippen LogP contribution < -0.4 is 15.0 Å². The second-order valence-corrected chi connectivity index (χ2v) is 10.2. The molecule has 0 saturated carbocycles. The van der Waals surface area contributed by atoms with Crippen molar-refractivity contribution in [3.63, 3.8) is 0 Å². The number of hydrogen-bond donors (Lipinski definition) is 1. The molecule has 0 unspecified atom stereocenters. The van der Waals surface area contributed by atoms with Gasteiger partial charge in [0.2, 0.25) is 0 Å². The fourth-order valence-corrected chi connectivity index (χ4v) is 5.21. The summed E-state index contributed by atoms with van der Waals surface area (Å²) < 4.78 is 10.7. The SMILES string of the molecule is CCc1sc2nc(Cc3ccc(OC)c(OC)c3)[nH]c(=O)c2c1-c1ccc(C(C)(C)C)cc1. The number of benzene rings is 2. The number of aromatic amines is 1. The highest BCUT2D eigenvalue weighted by Crippen LogP contribution is 2.37. The monoisotopic (exact) mass is 462 g/mol. The maximum Gasteiger partial charge on any atom is 0.260 e. The highest BCUT2D eigenvalue weighted by Gasteiger charge is 2.20. The van der Waals surface area contributed by atoms with Gasteiger partial charge in [-0.1, -0.05) is 58.0 Å². The summed E-state index contributed by atoms with van der Waals surface area (Å²) in [6.45, 7) is 8.73.